The molecule has 14 heteroatoms. The standard InChI is InChI=1S/C34H38FN5O8/c1-2-47-34(46)39-17-15-38(16-18-39)33(45)26(12-13-31(42)43)37-32(44)27-20-29(24-9-3-4-10-25(24)36-27)48-21-30(41)40-14-6-11-28(40)22-7-5-8-23(35)19-22/h3-5,7-10,19-20,26,28H,2,6,11-18,21H2,1H3,(H,37,44)(H,42,43). The minimum absolute atomic E-state index is 0.0878. The van der Waals surface area contributed by atoms with Gasteiger partial charge in [0, 0.05) is 50.6 Å². The second-order valence-electron chi connectivity index (χ2n) is 11.6. The molecule has 1 aromatic heterocycles. The molecule has 5 rings (SSSR count). The topological polar surface area (TPSA) is 159 Å². The second kappa shape index (κ2) is 15.5. The number of hydrogen-bond donors (Lipinski definition) is 2. The molecule has 0 spiro atoms. The Balaban J connectivity index is 1.30. The van der Waals surface area contributed by atoms with Crippen molar-refractivity contribution in [3.8, 4) is 5.75 Å². The number of carbonyl (C=O) groups is 5. The van der Waals surface area contributed by atoms with E-state index in [0.717, 1.165) is 6.42 Å². The van der Waals surface area contributed by atoms with E-state index in [9.17, 15) is 33.5 Å². The quantitative estimate of drug-likeness (QED) is 0.314. The molecule has 0 bridgehead atoms. The minimum atomic E-state index is -1.17. The number of aromatic nitrogens is 1. The van der Waals surface area contributed by atoms with Gasteiger partial charge in [-0.1, -0.05) is 24.3 Å². The molecule has 2 N–H and O–H groups in total. The second-order valence-corrected chi connectivity index (χ2v) is 11.6. The van der Waals surface area contributed by atoms with Crippen molar-refractivity contribution < 1.29 is 42.9 Å². The highest BCUT2D eigenvalue weighted by Crippen LogP contribution is 2.33. The SMILES string of the molecule is CCOC(=O)N1CCN(C(=O)C(CCC(=O)O)NC(=O)c2cc(OCC(=O)N3CCCC3c3cccc(F)c3)c3ccccc3n2)CC1. The maximum atomic E-state index is 13.9. The molecule has 0 radical (unpaired) electrons. The summed E-state index contributed by atoms with van der Waals surface area (Å²) < 4.78 is 24.9. The fraction of sp³-hybridized carbons (Fsp3) is 0.412. The van der Waals surface area contributed by atoms with E-state index in [2.05, 4.69) is 10.3 Å². The Bertz CT molecular complexity index is 1680. The van der Waals surface area contributed by atoms with Crippen LogP contribution in [0.4, 0.5) is 9.18 Å². The summed E-state index contributed by atoms with van der Waals surface area (Å²) >= 11 is 0. The fourth-order valence-corrected chi connectivity index (χ4v) is 6.03. The van der Waals surface area contributed by atoms with Gasteiger partial charge >= 0.3 is 12.1 Å². The molecule has 3 heterocycles. The van der Waals surface area contributed by atoms with Gasteiger partial charge in [0.25, 0.3) is 11.8 Å². The molecule has 2 aromatic carbocycles. The predicted octanol–water partition coefficient (Wildman–Crippen LogP) is 3.38. The summed E-state index contributed by atoms with van der Waals surface area (Å²) in [6.45, 7) is 2.93. The van der Waals surface area contributed by atoms with Gasteiger partial charge in [-0.15, -0.1) is 0 Å². The van der Waals surface area contributed by atoms with Crippen molar-refractivity contribution in [3.05, 3.63) is 71.7 Å². The average molecular weight is 664 g/mol. The number of rotatable bonds is 11. The summed E-state index contributed by atoms with van der Waals surface area (Å²) in [5.74, 6) is -2.78. The van der Waals surface area contributed by atoms with Crippen LogP contribution in [0, 0.1) is 5.82 Å². The van der Waals surface area contributed by atoms with Gasteiger partial charge in [-0.2, -0.15) is 0 Å². The highest BCUT2D eigenvalue weighted by atomic mass is 19.1. The van der Waals surface area contributed by atoms with E-state index in [1.54, 1.807) is 48.2 Å². The zero-order valence-corrected chi connectivity index (χ0v) is 26.6. The molecule has 3 aromatic rings. The number of para-hydroxylation sites is 1. The van der Waals surface area contributed by atoms with Gasteiger partial charge in [0.05, 0.1) is 18.2 Å². The predicted molar refractivity (Wildman–Crippen MR) is 171 cm³/mol. The first kappa shape index (κ1) is 34.1. The van der Waals surface area contributed by atoms with Crippen LogP contribution in [0.5, 0.6) is 5.75 Å². The molecule has 2 fully saturated rings. The van der Waals surface area contributed by atoms with E-state index < -0.39 is 29.9 Å². The van der Waals surface area contributed by atoms with Crippen molar-refractivity contribution in [2.24, 2.45) is 0 Å². The molecular formula is C34H38FN5O8. The van der Waals surface area contributed by atoms with Crippen molar-refractivity contribution in [3.63, 3.8) is 0 Å². The number of carbonyl (C=O) groups excluding carboxylic acids is 4. The Hall–Kier alpha value is -5.27. The number of nitrogens with zero attached hydrogens (tertiary/aromatic N) is 4. The number of pyridine rings is 1. The van der Waals surface area contributed by atoms with Crippen LogP contribution in [0.1, 0.15) is 54.7 Å². The molecule has 48 heavy (non-hydrogen) atoms. The molecule has 2 atom stereocenters. The van der Waals surface area contributed by atoms with E-state index in [4.69, 9.17) is 9.47 Å². The fourth-order valence-electron chi connectivity index (χ4n) is 6.03. The molecule has 254 valence electrons. The van der Waals surface area contributed by atoms with Crippen LogP contribution in [0.15, 0.2) is 54.6 Å². The summed E-state index contributed by atoms with van der Waals surface area (Å²) in [6, 6.07) is 13.0. The maximum absolute atomic E-state index is 13.9. The molecule has 2 unspecified atom stereocenters. The molecule has 2 aliphatic heterocycles. The smallest absolute Gasteiger partial charge is 0.409 e. The van der Waals surface area contributed by atoms with E-state index in [-0.39, 0.29) is 81.4 Å². The van der Waals surface area contributed by atoms with Crippen LogP contribution < -0.4 is 10.1 Å². The van der Waals surface area contributed by atoms with E-state index >= 15 is 0 Å². The van der Waals surface area contributed by atoms with Crippen LogP contribution >= 0.6 is 0 Å². The Morgan fingerprint density at radius 2 is 1.75 bits per heavy atom. The van der Waals surface area contributed by atoms with Crippen LogP contribution in [-0.4, -0.2) is 107 Å². The number of fused-ring (bicyclic) bond motifs is 1. The van der Waals surface area contributed by atoms with Crippen LogP contribution in [0.2, 0.25) is 0 Å². The third-order valence-electron chi connectivity index (χ3n) is 8.44. The Morgan fingerprint density at radius 3 is 2.48 bits per heavy atom. The highest BCUT2D eigenvalue weighted by Gasteiger charge is 2.32. The van der Waals surface area contributed by atoms with Crippen molar-refractivity contribution in [2.75, 3.05) is 45.9 Å². The number of halogens is 1. The molecule has 0 saturated carbocycles. The number of amides is 4. The number of carboxylic acids is 1. The highest BCUT2D eigenvalue weighted by molar-refractivity contribution is 5.99. The molecule has 4 amide bonds. The zero-order chi connectivity index (χ0) is 34.2. The van der Waals surface area contributed by atoms with Crippen LogP contribution in [-0.2, 0) is 19.1 Å². The van der Waals surface area contributed by atoms with E-state index in [1.165, 1.54) is 28.0 Å². The lowest BCUT2D eigenvalue weighted by Crippen LogP contribution is -2.56. The van der Waals surface area contributed by atoms with Gasteiger partial charge in [0.2, 0.25) is 5.91 Å². The van der Waals surface area contributed by atoms with Crippen molar-refractivity contribution >= 4 is 40.7 Å². The van der Waals surface area contributed by atoms with Gasteiger partial charge in [0.15, 0.2) is 6.61 Å². The lowest BCUT2D eigenvalue weighted by molar-refractivity contribution is -0.138. The number of nitrogens with one attached hydrogen (secondary N) is 1. The summed E-state index contributed by atoms with van der Waals surface area (Å²) in [7, 11) is 0. The Morgan fingerprint density at radius 1 is 1.00 bits per heavy atom. The number of hydrogen-bond acceptors (Lipinski definition) is 8. The van der Waals surface area contributed by atoms with Gasteiger partial charge in [-0.05, 0) is 56.0 Å². The van der Waals surface area contributed by atoms with Crippen molar-refractivity contribution in [1.29, 1.82) is 0 Å². The van der Waals surface area contributed by atoms with Gasteiger partial charge < -0.3 is 34.6 Å². The van der Waals surface area contributed by atoms with Crippen molar-refractivity contribution in [2.45, 2.75) is 44.7 Å². The maximum Gasteiger partial charge on any atom is 0.409 e. The van der Waals surface area contributed by atoms with Crippen molar-refractivity contribution in [1.82, 2.24) is 25.0 Å². The first-order chi connectivity index (χ1) is 23.1. The largest absolute Gasteiger partial charge is 0.483 e. The summed E-state index contributed by atoms with van der Waals surface area (Å²) in [5, 5.41) is 12.5. The van der Waals surface area contributed by atoms with Gasteiger partial charge in [0.1, 0.15) is 23.3 Å². The van der Waals surface area contributed by atoms with E-state index in [1.807, 2.05) is 0 Å². The number of carboxylic acid groups (broad SMARTS) is 1. The number of benzene rings is 2. The Labute approximate surface area is 276 Å². The molecule has 0 aliphatic carbocycles. The van der Waals surface area contributed by atoms with Crippen LogP contribution in [0.3, 0.4) is 0 Å². The molecular weight excluding hydrogens is 625 g/mol. The Kier molecular flexibility index (Phi) is 11.0. The third-order valence-corrected chi connectivity index (χ3v) is 8.44. The normalized spacial score (nSPS) is 16.8. The average Bonchev–Trinajstić information content (AvgIpc) is 3.59. The lowest BCUT2D eigenvalue weighted by atomic mass is 10.0. The lowest BCUT2D eigenvalue weighted by Gasteiger charge is -2.35. The number of likely N-dealkylation sites (tertiary alicyclic amines) is 1. The number of ether oxygens (including phenoxy) is 2. The summed E-state index contributed by atoms with van der Waals surface area (Å²) in [6.07, 6.45) is 0.452. The third kappa shape index (κ3) is 8.17. The molecule has 2 aliphatic rings. The van der Waals surface area contributed by atoms with Crippen LogP contribution in [0.25, 0.3) is 10.9 Å². The monoisotopic (exact) mass is 663 g/mol. The molecule has 13 nitrogen and oxygen atoms in total. The van der Waals surface area contributed by atoms with Gasteiger partial charge in [-0.25, -0.2) is 14.2 Å². The minimum Gasteiger partial charge on any atom is -0.483 e. The van der Waals surface area contributed by atoms with Gasteiger partial charge in [-0.3, -0.25) is 19.2 Å². The first-order valence-corrected chi connectivity index (χ1v) is 15.9. The number of aliphatic carboxylic acids is 1. The number of piperazine rings is 1. The summed E-state index contributed by atoms with van der Waals surface area (Å²) in [4.78, 5) is 72.9. The molecule has 2 saturated heterocycles. The first-order valence-electron chi connectivity index (χ1n) is 15.9. The zero-order valence-electron chi connectivity index (χ0n) is 26.6. The summed E-state index contributed by atoms with van der Waals surface area (Å²) in [5.41, 5.74) is 1.03. The van der Waals surface area contributed by atoms with E-state index in [0.29, 0.717) is 29.4 Å².